The van der Waals surface area contributed by atoms with Crippen LogP contribution in [0.15, 0.2) is 34.7 Å². The Morgan fingerprint density at radius 2 is 2.16 bits per heavy atom. The lowest BCUT2D eigenvalue weighted by atomic mass is 9.81. The van der Waals surface area contributed by atoms with Crippen LogP contribution in [0.25, 0.3) is 11.0 Å². The fourth-order valence-electron chi connectivity index (χ4n) is 2.94. The van der Waals surface area contributed by atoms with E-state index in [1.807, 2.05) is 18.2 Å². The van der Waals surface area contributed by atoms with E-state index in [0.29, 0.717) is 12.3 Å². The molecule has 1 amide bonds. The van der Waals surface area contributed by atoms with Crippen molar-refractivity contribution in [2.24, 2.45) is 5.92 Å². The summed E-state index contributed by atoms with van der Waals surface area (Å²) in [5.74, 6) is 1.51. The maximum atomic E-state index is 11.6. The predicted molar refractivity (Wildman–Crippen MR) is 74.9 cm³/mol. The van der Waals surface area contributed by atoms with Gasteiger partial charge in [0.2, 0.25) is 5.91 Å². The van der Waals surface area contributed by atoms with E-state index in [2.05, 4.69) is 31.3 Å². The van der Waals surface area contributed by atoms with Gasteiger partial charge in [-0.25, -0.2) is 0 Å². The summed E-state index contributed by atoms with van der Waals surface area (Å²) >= 11 is 0. The van der Waals surface area contributed by atoms with E-state index in [0.717, 1.165) is 29.6 Å². The second-order valence-corrected chi connectivity index (χ2v) is 5.79. The third kappa shape index (κ3) is 2.14. The molecule has 1 fully saturated rings. The Kier molecular flexibility index (Phi) is 2.85. The van der Waals surface area contributed by atoms with Gasteiger partial charge in [0.1, 0.15) is 11.3 Å². The van der Waals surface area contributed by atoms with Crippen LogP contribution in [0.4, 0.5) is 0 Å². The van der Waals surface area contributed by atoms with E-state index in [1.54, 1.807) is 0 Å². The van der Waals surface area contributed by atoms with E-state index < -0.39 is 0 Å². The van der Waals surface area contributed by atoms with Crippen LogP contribution in [0.5, 0.6) is 0 Å². The number of carbonyl (C=O) groups excluding carboxylic acids is 1. The van der Waals surface area contributed by atoms with Gasteiger partial charge in [-0.1, -0.05) is 32.0 Å². The molecular weight excluding hydrogens is 238 g/mol. The molecule has 0 radical (unpaired) electrons. The summed E-state index contributed by atoms with van der Waals surface area (Å²) in [6.45, 7) is 4.32. The highest BCUT2D eigenvalue weighted by Gasteiger charge is 2.41. The fourth-order valence-corrected chi connectivity index (χ4v) is 2.94. The zero-order valence-electron chi connectivity index (χ0n) is 11.4. The Hall–Kier alpha value is -1.77. The number of furan rings is 1. The number of hydrogen-bond acceptors (Lipinski definition) is 2. The standard InChI is InChI=1S/C16H19NO2/c1-11(2)16(8-7-15(18)17-16)10-13-9-12-5-3-4-6-14(12)19-13/h3-6,9,11H,7-8,10H2,1-2H3,(H,17,18). The minimum atomic E-state index is -0.148. The Balaban J connectivity index is 1.92. The molecule has 1 aliphatic heterocycles. The molecule has 2 heterocycles. The number of hydrogen-bond donors (Lipinski definition) is 1. The molecule has 1 aliphatic rings. The highest BCUT2D eigenvalue weighted by atomic mass is 16.3. The summed E-state index contributed by atoms with van der Waals surface area (Å²) in [5.41, 5.74) is 0.769. The quantitative estimate of drug-likeness (QED) is 0.916. The van der Waals surface area contributed by atoms with Crippen molar-refractivity contribution >= 4 is 16.9 Å². The van der Waals surface area contributed by atoms with Gasteiger partial charge in [-0.15, -0.1) is 0 Å². The smallest absolute Gasteiger partial charge is 0.220 e. The van der Waals surface area contributed by atoms with Crippen molar-refractivity contribution in [1.82, 2.24) is 5.32 Å². The largest absolute Gasteiger partial charge is 0.461 e. The lowest BCUT2D eigenvalue weighted by molar-refractivity contribution is -0.120. The highest BCUT2D eigenvalue weighted by Crippen LogP contribution is 2.33. The van der Waals surface area contributed by atoms with Crippen molar-refractivity contribution in [3.63, 3.8) is 0 Å². The minimum Gasteiger partial charge on any atom is -0.461 e. The van der Waals surface area contributed by atoms with E-state index in [9.17, 15) is 4.79 Å². The molecule has 3 rings (SSSR count). The van der Waals surface area contributed by atoms with Crippen LogP contribution in [0.1, 0.15) is 32.4 Å². The zero-order chi connectivity index (χ0) is 13.5. The van der Waals surface area contributed by atoms with E-state index in [1.165, 1.54) is 0 Å². The lowest BCUT2D eigenvalue weighted by Crippen LogP contribution is -2.48. The summed E-state index contributed by atoms with van der Waals surface area (Å²) in [4.78, 5) is 11.6. The van der Waals surface area contributed by atoms with E-state index in [-0.39, 0.29) is 11.4 Å². The Labute approximate surface area is 113 Å². The molecule has 19 heavy (non-hydrogen) atoms. The second-order valence-electron chi connectivity index (χ2n) is 5.79. The average Bonchev–Trinajstić information content (AvgIpc) is 2.93. The SMILES string of the molecule is CC(C)C1(Cc2cc3ccccc3o2)CCC(=O)N1. The molecule has 100 valence electrons. The molecule has 1 saturated heterocycles. The maximum absolute atomic E-state index is 11.6. The molecule has 1 atom stereocenters. The Bertz CT molecular complexity index is 581. The van der Waals surface area contributed by atoms with Gasteiger partial charge in [-0.05, 0) is 24.5 Å². The van der Waals surface area contributed by atoms with E-state index in [4.69, 9.17) is 4.42 Å². The van der Waals surface area contributed by atoms with Gasteiger partial charge in [0.05, 0.1) is 0 Å². The summed E-state index contributed by atoms with van der Waals surface area (Å²) in [5, 5.41) is 4.29. The molecular formula is C16H19NO2. The molecule has 1 aromatic heterocycles. The number of nitrogens with one attached hydrogen (secondary N) is 1. The molecule has 0 saturated carbocycles. The summed E-state index contributed by atoms with van der Waals surface area (Å²) in [6.07, 6.45) is 2.28. The lowest BCUT2D eigenvalue weighted by Gasteiger charge is -2.32. The number of para-hydroxylation sites is 1. The third-order valence-corrected chi connectivity index (χ3v) is 4.26. The van der Waals surface area contributed by atoms with Gasteiger partial charge in [0, 0.05) is 23.8 Å². The Morgan fingerprint density at radius 3 is 2.79 bits per heavy atom. The number of carbonyl (C=O) groups is 1. The van der Waals surface area contributed by atoms with Gasteiger partial charge in [0.25, 0.3) is 0 Å². The van der Waals surface area contributed by atoms with E-state index >= 15 is 0 Å². The van der Waals surface area contributed by atoms with Crippen LogP contribution in [-0.2, 0) is 11.2 Å². The summed E-state index contributed by atoms with van der Waals surface area (Å²) in [6, 6.07) is 10.1. The first-order chi connectivity index (χ1) is 9.09. The highest BCUT2D eigenvalue weighted by molar-refractivity contribution is 5.80. The molecule has 1 N–H and O–H groups in total. The average molecular weight is 257 g/mol. The minimum absolute atomic E-state index is 0.148. The van der Waals surface area contributed by atoms with Crippen molar-refractivity contribution in [2.45, 2.75) is 38.6 Å². The summed E-state index contributed by atoms with van der Waals surface area (Å²) < 4.78 is 5.89. The maximum Gasteiger partial charge on any atom is 0.220 e. The molecule has 3 nitrogen and oxygen atoms in total. The number of benzene rings is 1. The molecule has 0 bridgehead atoms. The van der Waals surface area contributed by atoms with Crippen molar-refractivity contribution < 1.29 is 9.21 Å². The predicted octanol–water partition coefficient (Wildman–Crippen LogP) is 3.28. The van der Waals surface area contributed by atoms with Crippen LogP contribution < -0.4 is 5.32 Å². The van der Waals surface area contributed by atoms with Crippen LogP contribution in [0.2, 0.25) is 0 Å². The van der Waals surface area contributed by atoms with Crippen LogP contribution >= 0.6 is 0 Å². The zero-order valence-corrected chi connectivity index (χ0v) is 11.4. The number of amides is 1. The monoisotopic (exact) mass is 257 g/mol. The normalized spacial score (nSPS) is 23.2. The van der Waals surface area contributed by atoms with Crippen molar-refractivity contribution in [2.75, 3.05) is 0 Å². The number of rotatable bonds is 3. The first-order valence-corrected chi connectivity index (χ1v) is 6.87. The fraction of sp³-hybridized carbons (Fsp3) is 0.438. The molecule has 0 aliphatic carbocycles. The molecule has 0 spiro atoms. The molecule has 1 unspecified atom stereocenters. The van der Waals surface area contributed by atoms with Gasteiger partial charge in [-0.3, -0.25) is 4.79 Å². The van der Waals surface area contributed by atoms with Gasteiger partial charge in [-0.2, -0.15) is 0 Å². The van der Waals surface area contributed by atoms with Gasteiger partial charge < -0.3 is 9.73 Å². The summed E-state index contributed by atoms with van der Waals surface area (Å²) in [7, 11) is 0. The molecule has 3 heteroatoms. The van der Waals surface area contributed by atoms with Crippen molar-refractivity contribution in [3.05, 3.63) is 36.1 Å². The molecule has 1 aromatic carbocycles. The van der Waals surface area contributed by atoms with Crippen LogP contribution in [0, 0.1) is 5.92 Å². The van der Waals surface area contributed by atoms with Crippen LogP contribution in [-0.4, -0.2) is 11.4 Å². The van der Waals surface area contributed by atoms with Gasteiger partial charge >= 0.3 is 0 Å². The first kappa shape index (κ1) is 12.3. The van der Waals surface area contributed by atoms with Gasteiger partial charge in [0.15, 0.2) is 0 Å². The van der Waals surface area contributed by atoms with Crippen molar-refractivity contribution in [3.8, 4) is 0 Å². The van der Waals surface area contributed by atoms with Crippen LogP contribution in [0.3, 0.4) is 0 Å². The van der Waals surface area contributed by atoms with Crippen molar-refractivity contribution in [1.29, 1.82) is 0 Å². The number of fused-ring (bicyclic) bond motifs is 1. The Morgan fingerprint density at radius 1 is 1.37 bits per heavy atom. The first-order valence-electron chi connectivity index (χ1n) is 6.87. The molecule has 2 aromatic rings. The third-order valence-electron chi connectivity index (χ3n) is 4.26. The second kappa shape index (κ2) is 4.41. The topological polar surface area (TPSA) is 42.2 Å².